The lowest BCUT2D eigenvalue weighted by Crippen LogP contribution is -2.19. The van der Waals surface area contributed by atoms with E-state index in [1.54, 1.807) is 0 Å². The van der Waals surface area contributed by atoms with Crippen LogP contribution in [0.15, 0.2) is 24.3 Å². The van der Waals surface area contributed by atoms with Gasteiger partial charge in [0.2, 0.25) is 5.78 Å². The summed E-state index contributed by atoms with van der Waals surface area (Å²) in [6, 6.07) is 8.39. The predicted octanol–water partition coefficient (Wildman–Crippen LogP) is 4.36. The Morgan fingerprint density at radius 1 is 1.00 bits per heavy atom. The van der Waals surface area contributed by atoms with Gasteiger partial charge in [0.25, 0.3) is 0 Å². The van der Waals surface area contributed by atoms with Crippen LogP contribution in [0.5, 0.6) is 0 Å². The van der Waals surface area contributed by atoms with Gasteiger partial charge in [0.1, 0.15) is 5.82 Å². The second-order valence-electron chi connectivity index (χ2n) is 7.36. The Morgan fingerprint density at radius 3 is 2.79 bits per heavy atom. The number of hydrogen-bond acceptors (Lipinski definition) is 3. The summed E-state index contributed by atoms with van der Waals surface area (Å²) >= 11 is 0. The van der Waals surface area contributed by atoms with Crippen molar-refractivity contribution in [3.8, 4) is 0 Å². The van der Waals surface area contributed by atoms with E-state index in [0.29, 0.717) is 0 Å². The maximum Gasteiger partial charge on any atom is 0.236 e. The fraction of sp³-hybridized carbons (Fsp3) is 0.500. The van der Waals surface area contributed by atoms with Crippen LogP contribution in [0, 0.1) is 5.92 Å². The Balaban J connectivity index is 1.61. The van der Waals surface area contributed by atoms with Gasteiger partial charge in [0, 0.05) is 12.1 Å². The Hall–Kier alpha value is -2.10. The van der Waals surface area contributed by atoms with Gasteiger partial charge in [0.15, 0.2) is 0 Å². The number of hydrogen-bond donors (Lipinski definition) is 1. The number of aryl methyl sites for hydroxylation is 1. The molecule has 0 atom stereocenters. The first-order valence-corrected chi connectivity index (χ1v) is 9.43. The van der Waals surface area contributed by atoms with Gasteiger partial charge in [-0.3, -0.25) is 4.40 Å². The number of fused-ring (bicyclic) bond motifs is 4. The van der Waals surface area contributed by atoms with E-state index in [-0.39, 0.29) is 0 Å². The average Bonchev–Trinajstić information content (AvgIpc) is 3.23. The van der Waals surface area contributed by atoms with E-state index in [1.165, 1.54) is 61.1 Å². The van der Waals surface area contributed by atoms with Gasteiger partial charge in [-0.05, 0) is 50.2 Å². The van der Waals surface area contributed by atoms with Crippen LogP contribution in [0.1, 0.15) is 49.8 Å². The lowest BCUT2D eigenvalue weighted by Gasteiger charge is -2.23. The molecule has 0 bridgehead atoms. The molecule has 2 aromatic heterocycles. The van der Waals surface area contributed by atoms with Crippen LogP contribution in [0.2, 0.25) is 0 Å². The zero-order valence-corrected chi connectivity index (χ0v) is 14.1. The fourth-order valence-electron chi connectivity index (χ4n) is 4.49. The van der Waals surface area contributed by atoms with Gasteiger partial charge in [0.05, 0.1) is 16.7 Å². The zero-order valence-electron chi connectivity index (χ0n) is 14.1. The molecular weight excluding hydrogens is 296 g/mol. The largest absolute Gasteiger partial charge is 0.371 e. The lowest BCUT2D eigenvalue weighted by molar-refractivity contribution is 0.373. The highest BCUT2D eigenvalue weighted by Crippen LogP contribution is 2.32. The third kappa shape index (κ3) is 2.27. The van der Waals surface area contributed by atoms with E-state index in [2.05, 4.69) is 34.0 Å². The van der Waals surface area contributed by atoms with Gasteiger partial charge in [-0.15, -0.1) is 0 Å². The number of nitrogens with one attached hydrogen (secondary N) is 1. The molecule has 1 fully saturated rings. The normalized spacial score (nSPS) is 18.3. The Bertz CT molecular complexity index is 889. The molecule has 0 amide bonds. The molecule has 0 unspecified atom stereocenters. The fourth-order valence-corrected chi connectivity index (χ4v) is 4.49. The smallest absolute Gasteiger partial charge is 0.236 e. The molecule has 4 heteroatoms. The minimum absolute atomic E-state index is 0.814. The number of nitrogens with zero attached hydrogens (tertiary/aromatic N) is 3. The molecule has 3 aromatic rings. The molecule has 124 valence electrons. The van der Waals surface area contributed by atoms with Crippen molar-refractivity contribution in [1.82, 2.24) is 14.4 Å². The number of aromatic nitrogens is 3. The summed E-state index contributed by atoms with van der Waals surface area (Å²) in [5, 5.41) is 3.82. The molecule has 0 spiro atoms. The van der Waals surface area contributed by atoms with Crippen LogP contribution in [0.25, 0.3) is 16.8 Å². The summed E-state index contributed by atoms with van der Waals surface area (Å²) in [6.07, 6.45) is 10.4. The van der Waals surface area contributed by atoms with Crippen molar-refractivity contribution < 1.29 is 0 Å². The summed E-state index contributed by atoms with van der Waals surface area (Å²) in [5.41, 5.74) is 4.88. The van der Waals surface area contributed by atoms with Crippen molar-refractivity contribution in [2.75, 3.05) is 11.9 Å². The van der Waals surface area contributed by atoms with Crippen molar-refractivity contribution in [1.29, 1.82) is 0 Å². The van der Waals surface area contributed by atoms with Crippen molar-refractivity contribution >= 4 is 22.6 Å². The third-order valence-corrected chi connectivity index (χ3v) is 5.76. The maximum absolute atomic E-state index is 4.86. The molecule has 2 aliphatic rings. The second kappa shape index (κ2) is 5.76. The summed E-state index contributed by atoms with van der Waals surface area (Å²) < 4.78 is 2.25. The molecule has 0 aliphatic heterocycles. The predicted molar refractivity (Wildman–Crippen MR) is 97.6 cm³/mol. The molecule has 4 nitrogen and oxygen atoms in total. The van der Waals surface area contributed by atoms with Gasteiger partial charge < -0.3 is 5.32 Å². The number of anilines is 1. The SMILES string of the molecule is c1ccc2c(c1)nc1nc3c(c(NCC4CCCCC4)n12)CCC3. The van der Waals surface area contributed by atoms with Crippen LogP contribution in [0.3, 0.4) is 0 Å². The van der Waals surface area contributed by atoms with Crippen molar-refractivity contribution in [2.24, 2.45) is 5.92 Å². The first-order chi connectivity index (χ1) is 11.9. The molecule has 24 heavy (non-hydrogen) atoms. The summed E-state index contributed by atoms with van der Waals surface area (Å²) in [6.45, 7) is 1.08. The van der Waals surface area contributed by atoms with Crippen molar-refractivity contribution in [3.63, 3.8) is 0 Å². The van der Waals surface area contributed by atoms with Gasteiger partial charge in [-0.2, -0.15) is 0 Å². The summed E-state index contributed by atoms with van der Waals surface area (Å²) in [7, 11) is 0. The minimum atomic E-state index is 0.814. The minimum Gasteiger partial charge on any atom is -0.371 e. The third-order valence-electron chi connectivity index (χ3n) is 5.76. The van der Waals surface area contributed by atoms with Gasteiger partial charge in [-0.1, -0.05) is 31.4 Å². The molecule has 1 N–H and O–H groups in total. The van der Waals surface area contributed by atoms with Crippen LogP contribution >= 0.6 is 0 Å². The highest BCUT2D eigenvalue weighted by molar-refractivity contribution is 5.82. The molecular formula is C20H24N4. The van der Waals surface area contributed by atoms with Crippen LogP contribution in [-0.2, 0) is 12.8 Å². The van der Waals surface area contributed by atoms with Crippen LogP contribution < -0.4 is 5.32 Å². The zero-order chi connectivity index (χ0) is 15.9. The van der Waals surface area contributed by atoms with Gasteiger partial charge >= 0.3 is 0 Å². The molecule has 2 aliphatic carbocycles. The first kappa shape index (κ1) is 14.3. The highest BCUT2D eigenvalue weighted by Gasteiger charge is 2.23. The number of para-hydroxylation sites is 2. The molecule has 1 aromatic carbocycles. The van der Waals surface area contributed by atoms with E-state index in [4.69, 9.17) is 9.97 Å². The quantitative estimate of drug-likeness (QED) is 0.779. The Morgan fingerprint density at radius 2 is 1.88 bits per heavy atom. The summed E-state index contributed by atoms with van der Waals surface area (Å²) in [5.74, 6) is 2.92. The average molecular weight is 320 g/mol. The van der Waals surface area contributed by atoms with Gasteiger partial charge in [-0.25, -0.2) is 9.97 Å². The van der Waals surface area contributed by atoms with Crippen molar-refractivity contribution in [3.05, 3.63) is 35.5 Å². The van der Waals surface area contributed by atoms with E-state index in [1.807, 2.05) is 0 Å². The van der Waals surface area contributed by atoms with E-state index in [9.17, 15) is 0 Å². The standard InChI is InChI=1S/C20H24N4/c1-2-7-14(8-3-1)13-21-19-15-9-6-11-16(15)22-20-23-17-10-4-5-12-18(17)24(19)20/h4-5,10,12,14,21H,1-3,6-9,11,13H2. The first-order valence-electron chi connectivity index (χ1n) is 9.43. The number of imidazole rings is 1. The number of benzene rings is 1. The molecule has 2 heterocycles. The van der Waals surface area contributed by atoms with E-state index >= 15 is 0 Å². The second-order valence-corrected chi connectivity index (χ2v) is 7.36. The summed E-state index contributed by atoms with van der Waals surface area (Å²) in [4.78, 5) is 9.62. The van der Waals surface area contributed by atoms with Crippen molar-refractivity contribution in [2.45, 2.75) is 51.4 Å². The molecule has 0 radical (unpaired) electrons. The van der Waals surface area contributed by atoms with E-state index in [0.717, 1.165) is 36.6 Å². The topological polar surface area (TPSA) is 42.2 Å². The maximum atomic E-state index is 4.86. The Kier molecular flexibility index (Phi) is 3.42. The lowest BCUT2D eigenvalue weighted by atomic mass is 9.89. The van der Waals surface area contributed by atoms with Crippen LogP contribution in [0.4, 0.5) is 5.82 Å². The Labute approximate surface area is 142 Å². The van der Waals surface area contributed by atoms with E-state index < -0.39 is 0 Å². The van der Waals surface area contributed by atoms with Crippen LogP contribution in [-0.4, -0.2) is 20.9 Å². The highest BCUT2D eigenvalue weighted by atomic mass is 15.2. The monoisotopic (exact) mass is 320 g/mol. The molecule has 5 rings (SSSR count). The molecule has 1 saturated carbocycles. The number of rotatable bonds is 3. The molecule has 0 saturated heterocycles.